The number of benzene rings is 7. The van der Waals surface area contributed by atoms with Crippen LogP contribution in [0.2, 0.25) is 0 Å². The molecule has 1 atom stereocenters. The fraction of sp³-hybridized carbons (Fsp3) is 0. The molecule has 2 aromatic heterocycles. The third-order valence-corrected chi connectivity index (χ3v) is 13.4. The summed E-state index contributed by atoms with van der Waals surface area (Å²) in [5.41, 5.74) is 11.4. The molecule has 0 spiro atoms. The summed E-state index contributed by atoms with van der Waals surface area (Å²) in [6.45, 7) is 0. The van der Waals surface area contributed by atoms with Crippen molar-refractivity contribution in [1.82, 2.24) is 9.55 Å². The molecular formula is C47H31N2OP. The van der Waals surface area contributed by atoms with Crippen LogP contribution >= 0.6 is 7.14 Å². The van der Waals surface area contributed by atoms with E-state index >= 15 is 4.57 Å². The Morgan fingerprint density at radius 1 is 0.451 bits per heavy atom. The lowest BCUT2D eigenvalue weighted by Crippen LogP contribution is -2.20. The number of nitrogens with zero attached hydrogens (tertiary/aromatic N) is 2. The van der Waals surface area contributed by atoms with Gasteiger partial charge in [0.1, 0.15) is 0 Å². The number of rotatable bonds is 5. The van der Waals surface area contributed by atoms with Crippen LogP contribution in [-0.2, 0) is 4.57 Å². The molecule has 0 amide bonds. The SMILES string of the molecule is O=P1(c2ccccc2)c2ccccc2-c2c1ccc1c3ccccc3n(-c3cc(-c4ccccc4)nc(-c4ccc(-c5ccccc5)cc4)c3)c21. The first-order valence-electron chi connectivity index (χ1n) is 17.2. The van der Waals surface area contributed by atoms with E-state index in [1.54, 1.807) is 0 Å². The van der Waals surface area contributed by atoms with E-state index in [1.165, 1.54) is 11.1 Å². The van der Waals surface area contributed by atoms with Crippen molar-refractivity contribution in [2.24, 2.45) is 0 Å². The standard InChI is InChI=1S/C47H31N2OP/c50-51(37-18-8-3-9-19-37)44-23-13-11-21-40(44)46-45(51)29-28-39-38-20-10-12-22-43(38)49(47(39)46)36-30-41(34-16-6-2-7-17-34)48-42(31-36)35-26-24-33(25-27-35)32-14-4-1-5-15-32/h1-31H. The zero-order valence-electron chi connectivity index (χ0n) is 27.6. The minimum absolute atomic E-state index is 0.856. The molecule has 1 unspecified atom stereocenters. The maximum absolute atomic E-state index is 15.6. The van der Waals surface area contributed by atoms with Crippen LogP contribution < -0.4 is 15.9 Å². The highest BCUT2D eigenvalue weighted by atomic mass is 31.2. The first kappa shape index (κ1) is 29.6. The van der Waals surface area contributed by atoms with Gasteiger partial charge in [0.25, 0.3) is 0 Å². The number of pyridine rings is 1. The quantitative estimate of drug-likeness (QED) is 0.171. The first-order valence-corrected chi connectivity index (χ1v) is 19.0. The van der Waals surface area contributed by atoms with Crippen molar-refractivity contribution in [3.8, 4) is 50.5 Å². The van der Waals surface area contributed by atoms with Gasteiger partial charge in [0.2, 0.25) is 0 Å². The molecule has 240 valence electrons. The van der Waals surface area contributed by atoms with Crippen molar-refractivity contribution in [1.29, 1.82) is 0 Å². The second-order valence-electron chi connectivity index (χ2n) is 13.1. The predicted molar refractivity (Wildman–Crippen MR) is 213 cm³/mol. The molecule has 0 fully saturated rings. The van der Waals surface area contributed by atoms with Crippen molar-refractivity contribution in [3.05, 3.63) is 188 Å². The molecule has 3 nitrogen and oxygen atoms in total. The molecule has 7 aromatic carbocycles. The van der Waals surface area contributed by atoms with Crippen molar-refractivity contribution >= 4 is 44.9 Å². The highest BCUT2D eigenvalue weighted by Gasteiger charge is 2.41. The molecule has 0 N–H and O–H groups in total. The van der Waals surface area contributed by atoms with E-state index in [1.807, 2.05) is 48.5 Å². The molecule has 0 bridgehead atoms. The normalized spacial score (nSPS) is 14.8. The summed E-state index contributed by atoms with van der Waals surface area (Å²) in [6.07, 6.45) is 0. The largest absolute Gasteiger partial charge is 0.309 e. The minimum atomic E-state index is -3.13. The van der Waals surface area contributed by atoms with Gasteiger partial charge in [0, 0.05) is 43.4 Å². The Hall–Kier alpha value is -6.28. The Morgan fingerprint density at radius 3 is 1.73 bits per heavy atom. The van der Waals surface area contributed by atoms with Gasteiger partial charge in [-0.3, -0.25) is 0 Å². The van der Waals surface area contributed by atoms with Crippen molar-refractivity contribution in [2.75, 3.05) is 0 Å². The Morgan fingerprint density at radius 2 is 1.00 bits per heavy atom. The highest BCUT2D eigenvalue weighted by Crippen LogP contribution is 2.54. The van der Waals surface area contributed by atoms with Gasteiger partial charge >= 0.3 is 0 Å². The molecule has 1 aliphatic rings. The molecule has 4 heteroatoms. The molecule has 10 rings (SSSR count). The van der Waals surface area contributed by atoms with Crippen LogP contribution in [0, 0.1) is 0 Å². The monoisotopic (exact) mass is 670 g/mol. The molecule has 9 aromatic rings. The maximum Gasteiger partial charge on any atom is 0.172 e. The number of para-hydroxylation sites is 1. The average Bonchev–Trinajstić information content (AvgIpc) is 3.69. The van der Waals surface area contributed by atoms with E-state index in [2.05, 4.69) is 144 Å². The molecule has 0 saturated heterocycles. The van der Waals surface area contributed by atoms with Crippen LogP contribution in [0.5, 0.6) is 0 Å². The van der Waals surface area contributed by atoms with Crippen LogP contribution in [0.4, 0.5) is 0 Å². The van der Waals surface area contributed by atoms with Crippen molar-refractivity contribution in [3.63, 3.8) is 0 Å². The smallest absolute Gasteiger partial charge is 0.172 e. The van der Waals surface area contributed by atoms with Gasteiger partial charge in [-0.05, 0) is 41.0 Å². The first-order chi connectivity index (χ1) is 25.2. The third-order valence-electron chi connectivity index (χ3n) is 10.2. The molecule has 0 saturated carbocycles. The average molecular weight is 671 g/mol. The lowest BCUT2D eigenvalue weighted by atomic mass is 10.0. The second kappa shape index (κ2) is 11.7. The number of aromatic nitrogens is 2. The van der Waals surface area contributed by atoms with Gasteiger partial charge in [-0.25, -0.2) is 4.98 Å². The Kier molecular flexibility index (Phi) is 6.77. The summed E-state index contributed by atoms with van der Waals surface area (Å²) in [7, 11) is -3.13. The molecule has 51 heavy (non-hydrogen) atoms. The lowest BCUT2D eigenvalue weighted by Gasteiger charge is -2.17. The Labute approximate surface area is 296 Å². The van der Waals surface area contributed by atoms with E-state index in [9.17, 15) is 0 Å². The van der Waals surface area contributed by atoms with Gasteiger partial charge in [-0.2, -0.15) is 0 Å². The van der Waals surface area contributed by atoms with E-state index in [4.69, 9.17) is 4.98 Å². The zero-order chi connectivity index (χ0) is 33.9. The van der Waals surface area contributed by atoms with E-state index in [-0.39, 0.29) is 0 Å². The zero-order valence-corrected chi connectivity index (χ0v) is 28.5. The summed E-state index contributed by atoms with van der Waals surface area (Å²) < 4.78 is 17.9. The van der Waals surface area contributed by atoms with Gasteiger partial charge in [-0.15, -0.1) is 0 Å². The number of hydrogen-bond donors (Lipinski definition) is 0. The Balaban J connectivity index is 1.27. The number of fused-ring (bicyclic) bond motifs is 7. The van der Waals surface area contributed by atoms with E-state index in [0.717, 1.165) is 77.0 Å². The van der Waals surface area contributed by atoms with Gasteiger partial charge in [0.15, 0.2) is 7.14 Å². The van der Waals surface area contributed by atoms with E-state index < -0.39 is 7.14 Å². The summed E-state index contributed by atoms with van der Waals surface area (Å²) in [4.78, 5) is 5.26. The van der Waals surface area contributed by atoms with Gasteiger partial charge in [-0.1, -0.05) is 164 Å². The summed E-state index contributed by atoms with van der Waals surface area (Å²) in [6, 6.07) is 65.0. The molecule has 0 radical (unpaired) electrons. The van der Waals surface area contributed by atoms with E-state index in [0.29, 0.717) is 0 Å². The van der Waals surface area contributed by atoms with Crippen LogP contribution in [0.15, 0.2) is 188 Å². The molecule has 3 heterocycles. The molecule has 1 aliphatic heterocycles. The maximum atomic E-state index is 15.6. The van der Waals surface area contributed by atoms with Crippen molar-refractivity contribution in [2.45, 2.75) is 0 Å². The van der Waals surface area contributed by atoms with Crippen LogP contribution in [0.3, 0.4) is 0 Å². The topological polar surface area (TPSA) is 34.9 Å². The fourth-order valence-corrected chi connectivity index (χ4v) is 10.9. The third kappa shape index (κ3) is 4.59. The molecular weight excluding hydrogens is 640 g/mol. The summed E-state index contributed by atoms with van der Waals surface area (Å²) >= 11 is 0. The number of hydrogen-bond acceptors (Lipinski definition) is 2. The Bertz CT molecular complexity index is 2810. The van der Waals surface area contributed by atoms with Crippen LogP contribution in [0.1, 0.15) is 0 Å². The fourth-order valence-electron chi connectivity index (χ4n) is 7.86. The minimum Gasteiger partial charge on any atom is -0.309 e. The molecule has 0 aliphatic carbocycles. The summed E-state index contributed by atoms with van der Waals surface area (Å²) in [5.74, 6) is 0. The van der Waals surface area contributed by atoms with Crippen LogP contribution in [0.25, 0.3) is 72.3 Å². The summed E-state index contributed by atoms with van der Waals surface area (Å²) in [5, 5.41) is 4.93. The predicted octanol–water partition coefficient (Wildman–Crippen LogP) is 10.8. The lowest BCUT2D eigenvalue weighted by molar-refractivity contribution is 0.593. The van der Waals surface area contributed by atoms with Crippen LogP contribution in [-0.4, -0.2) is 9.55 Å². The van der Waals surface area contributed by atoms with Crippen molar-refractivity contribution < 1.29 is 4.57 Å². The van der Waals surface area contributed by atoms with Gasteiger partial charge < -0.3 is 9.13 Å². The van der Waals surface area contributed by atoms with Gasteiger partial charge in [0.05, 0.1) is 28.1 Å². The highest BCUT2D eigenvalue weighted by molar-refractivity contribution is 7.86. The second-order valence-corrected chi connectivity index (χ2v) is 15.8.